The molecule has 9 aromatic carbocycles. The molecule has 0 bridgehead atoms. The molecule has 0 fully saturated rings. The summed E-state index contributed by atoms with van der Waals surface area (Å²) in [7, 11) is 0. The molecular formula is C52H32N4. The molecule has 0 aliphatic rings. The van der Waals surface area contributed by atoms with Gasteiger partial charge in [0.1, 0.15) is 6.33 Å². The molecule has 12 aromatic rings. The van der Waals surface area contributed by atoms with Gasteiger partial charge in [0.2, 0.25) is 0 Å². The summed E-state index contributed by atoms with van der Waals surface area (Å²) in [4.78, 5) is 9.14. The molecule has 0 saturated heterocycles. The molecule has 0 aliphatic carbocycles. The summed E-state index contributed by atoms with van der Waals surface area (Å²) in [6.07, 6.45) is 3.59. The first-order valence-electron chi connectivity index (χ1n) is 19.1. The van der Waals surface area contributed by atoms with Crippen molar-refractivity contribution >= 4 is 76.1 Å². The first-order chi connectivity index (χ1) is 27.8. The number of fused-ring (bicyclic) bond motifs is 12. The Hall–Kier alpha value is -7.56. The van der Waals surface area contributed by atoms with E-state index in [0.29, 0.717) is 0 Å². The second-order valence-electron chi connectivity index (χ2n) is 14.6. The molecule has 0 atom stereocenters. The van der Waals surface area contributed by atoms with Crippen LogP contribution in [0.25, 0.3) is 110 Å². The van der Waals surface area contributed by atoms with Crippen molar-refractivity contribution < 1.29 is 0 Å². The van der Waals surface area contributed by atoms with Gasteiger partial charge in [-0.2, -0.15) is 0 Å². The lowest BCUT2D eigenvalue weighted by atomic mass is 9.94. The Bertz CT molecular complexity index is 3500. The molecule has 4 nitrogen and oxygen atoms in total. The molecule has 0 aliphatic heterocycles. The molecule has 0 spiro atoms. The van der Waals surface area contributed by atoms with Crippen molar-refractivity contribution in [2.75, 3.05) is 0 Å². The van der Waals surface area contributed by atoms with E-state index in [1.54, 1.807) is 6.33 Å². The molecule has 0 N–H and O–H groups in total. The maximum absolute atomic E-state index is 4.72. The quantitative estimate of drug-likeness (QED) is 0.170. The van der Waals surface area contributed by atoms with Gasteiger partial charge in [-0.05, 0) is 105 Å². The van der Waals surface area contributed by atoms with Crippen LogP contribution in [0.4, 0.5) is 0 Å². The Balaban J connectivity index is 1.00. The summed E-state index contributed by atoms with van der Waals surface area (Å²) in [5.74, 6) is 0. The lowest BCUT2D eigenvalue weighted by Crippen LogP contribution is -1.94. The fourth-order valence-corrected chi connectivity index (χ4v) is 9.11. The van der Waals surface area contributed by atoms with Crippen molar-refractivity contribution in [1.82, 2.24) is 19.1 Å². The molecular weight excluding hydrogens is 681 g/mol. The molecule has 3 aromatic heterocycles. The van der Waals surface area contributed by atoms with Gasteiger partial charge in [-0.1, -0.05) is 115 Å². The van der Waals surface area contributed by atoms with E-state index < -0.39 is 0 Å². The summed E-state index contributed by atoms with van der Waals surface area (Å²) >= 11 is 0. The normalized spacial score (nSPS) is 11.9. The minimum absolute atomic E-state index is 0.984. The molecule has 56 heavy (non-hydrogen) atoms. The smallest absolute Gasteiger partial charge is 0.116 e. The van der Waals surface area contributed by atoms with Crippen LogP contribution in [0.3, 0.4) is 0 Å². The zero-order valence-corrected chi connectivity index (χ0v) is 30.3. The van der Waals surface area contributed by atoms with Crippen LogP contribution in [0.15, 0.2) is 195 Å². The van der Waals surface area contributed by atoms with Crippen molar-refractivity contribution in [3.8, 4) is 33.6 Å². The molecule has 12 rings (SSSR count). The molecule has 0 saturated carbocycles. The minimum atomic E-state index is 0.984. The lowest BCUT2D eigenvalue weighted by Gasteiger charge is -2.13. The zero-order chi connectivity index (χ0) is 36.7. The SMILES string of the molecule is c1ccc(-n2c3ccccc3c3cc(-c4ccc5c(c4)c4ccccc4n5-c4cccc(-c5ccc6c7ccccc7c7ncncc7c6c5)c4)ccc32)cc1. The van der Waals surface area contributed by atoms with E-state index in [1.807, 2.05) is 6.20 Å². The Morgan fingerprint density at radius 3 is 1.50 bits per heavy atom. The van der Waals surface area contributed by atoms with Gasteiger partial charge in [-0.3, -0.25) is 0 Å². The van der Waals surface area contributed by atoms with Crippen LogP contribution in [0, 0.1) is 0 Å². The number of nitrogens with zero attached hydrogens (tertiary/aromatic N) is 4. The molecule has 260 valence electrons. The van der Waals surface area contributed by atoms with Crippen LogP contribution in [0.1, 0.15) is 0 Å². The Morgan fingerprint density at radius 1 is 0.304 bits per heavy atom. The Morgan fingerprint density at radius 2 is 0.804 bits per heavy atom. The maximum Gasteiger partial charge on any atom is 0.116 e. The fourth-order valence-electron chi connectivity index (χ4n) is 9.11. The van der Waals surface area contributed by atoms with E-state index in [4.69, 9.17) is 4.98 Å². The average molecular weight is 713 g/mol. The van der Waals surface area contributed by atoms with Crippen molar-refractivity contribution in [2.24, 2.45) is 0 Å². The standard InChI is InChI=1S/C52H32N4/c1-2-12-37(13-3-1)55-48-19-8-6-16-41(48)45-29-35(22-25-50(45)55)36-23-26-51-46(30-36)42-17-7-9-20-49(42)56(51)38-14-10-11-33(27-38)34-21-24-40-39-15-4-5-18-43(39)52-47(44(40)28-34)31-53-32-54-52/h1-32H. The van der Waals surface area contributed by atoms with E-state index in [-0.39, 0.29) is 0 Å². The van der Waals surface area contributed by atoms with Crippen LogP contribution >= 0.6 is 0 Å². The minimum Gasteiger partial charge on any atom is -0.309 e. The van der Waals surface area contributed by atoms with E-state index in [0.717, 1.165) is 38.5 Å². The largest absolute Gasteiger partial charge is 0.309 e. The van der Waals surface area contributed by atoms with Gasteiger partial charge in [0.05, 0.1) is 27.6 Å². The number of benzene rings is 9. The fraction of sp³-hybridized carbons (Fsp3) is 0. The highest BCUT2D eigenvalue weighted by molar-refractivity contribution is 6.24. The highest BCUT2D eigenvalue weighted by Gasteiger charge is 2.17. The van der Waals surface area contributed by atoms with Crippen molar-refractivity contribution in [1.29, 1.82) is 0 Å². The van der Waals surface area contributed by atoms with Crippen molar-refractivity contribution in [3.63, 3.8) is 0 Å². The topological polar surface area (TPSA) is 35.6 Å². The van der Waals surface area contributed by atoms with Crippen molar-refractivity contribution in [3.05, 3.63) is 195 Å². The summed E-state index contributed by atoms with van der Waals surface area (Å²) in [6, 6.07) is 66.2. The van der Waals surface area contributed by atoms with Crippen LogP contribution in [0.5, 0.6) is 0 Å². The van der Waals surface area contributed by atoms with Gasteiger partial charge in [-0.25, -0.2) is 9.97 Å². The second-order valence-corrected chi connectivity index (χ2v) is 14.6. The number of rotatable bonds is 4. The maximum atomic E-state index is 4.72. The van der Waals surface area contributed by atoms with Gasteiger partial charge in [0, 0.05) is 49.9 Å². The van der Waals surface area contributed by atoms with Gasteiger partial charge in [-0.15, -0.1) is 0 Å². The van der Waals surface area contributed by atoms with E-state index >= 15 is 0 Å². The number of para-hydroxylation sites is 3. The molecule has 0 radical (unpaired) electrons. The Labute approximate surface area is 322 Å². The molecule has 3 heterocycles. The number of hydrogen-bond donors (Lipinski definition) is 0. The molecule has 0 unspecified atom stereocenters. The van der Waals surface area contributed by atoms with E-state index in [9.17, 15) is 0 Å². The van der Waals surface area contributed by atoms with Gasteiger partial charge in [0.15, 0.2) is 0 Å². The summed E-state index contributed by atoms with van der Waals surface area (Å²) in [5.41, 5.74) is 12.8. The van der Waals surface area contributed by atoms with Gasteiger partial charge < -0.3 is 9.13 Å². The van der Waals surface area contributed by atoms with E-state index in [1.165, 1.54) is 71.2 Å². The van der Waals surface area contributed by atoms with Crippen LogP contribution in [-0.4, -0.2) is 19.1 Å². The van der Waals surface area contributed by atoms with Crippen LogP contribution in [0.2, 0.25) is 0 Å². The van der Waals surface area contributed by atoms with Gasteiger partial charge >= 0.3 is 0 Å². The first kappa shape index (κ1) is 30.9. The first-order valence-corrected chi connectivity index (χ1v) is 19.1. The average Bonchev–Trinajstić information content (AvgIpc) is 3.79. The third-order valence-electron chi connectivity index (χ3n) is 11.6. The third-order valence-corrected chi connectivity index (χ3v) is 11.6. The number of hydrogen-bond acceptors (Lipinski definition) is 2. The van der Waals surface area contributed by atoms with Gasteiger partial charge in [0.25, 0.3) is 0 Å². The third kappa shape index (κ3) is 4.53. The summed E-state index contributed by atoms with van der Waals surface area (Å²) in [6.45, 7) is 0. The zero-order valence-electron chi connectivity index (χ0n) is 30.3. The molecule has 0 amide bonds. The van der Waals surface area contributed by atoms with Crippen LogP contribution in [-0.2, 0) is 0 Å². The van der Waals surface area contributed by atoms with Crippen molar-refractivity contribution in [2.45, 2.75) is 0 Å². The Kier molecular flexibility index (Phi) is 6.60. The highest BCUT2D eigenvalue weighted by atomic mass is 15.0. The summed E-state index contributed by atoms with van der Waals surface area (Å²) < 4.78 is 4.78. The lowest BCUT2D eigenvalue weighted by molar-refractivity contribution is 1.18. The predicted octanol–water partition coefficient (Wildman–Crippen LogP) is 13.5. The molecule has 4 heteroatoms. The summed E-state index contributed by atoms with van der Waals surface area (Å²) in [5, 5.41) is 10.8. The predicted molar refractivity (Wildman–Crippen MR) is 234 cm³/mol. The highest BCUT2D eigenvalue weighted by Crippen LogP contribution is 2.40. The second kappa shape index (κ2) is 12.0. The number of aromatic nitrogens is 4. The van der Waals surface area contributed by atoms with Crippen LogP contribution < -0.4 is 0 Å². The monoisotopic (exact) mass is 712 g/mol. The van der Waals surface area contributed by atoms with E-state index in [2.05, 4.69) is 196 Å².